The highest BCUT2D eigenvalue weighted by Gasteiger charge is 2.79. The molecule has 1 saturated heterocycles. The third kappa shape index (κ3) is 7.56. The largest absolute Gasteiger partial charge is 0.497 e. The van der Waals surface area contributed by atoms with Crippen LogP contribution < -0.4 is 24.8 Å². The smallest absolute Gasteiger partial charge is 0.405 e. The lowest BCUT2D eigenvalue weighted by Gasteiger charge is -2.35. The second-order valence-electron chi connectivity index (χ2n) is 17.6. The second kappa shape index (κ2) is 14.5. The summed E-state index contributed by atoms with van der Waals surface area (Å²) in [5, 5.41) is 15.7. The minimum Gasteiger partial charge on any atom is -0.497 e. The van der Waals surface area contributed by atoms with E-state index in [0.29, 0.717) is 53.8 Å². The van der Waals surface area contributed by atoms with Crippen LogP contribution in [0, 0.1) is 10.8 Å². The molecular formula is C44H49N5O9S. The number of aromatic nitrogens is 1. The van der Waals surface area contributed by atoms with Gasteiger partial charge in [-0.05, 0) is 61.6 Å². The van der Waals surface area contributed by atoms with E-state index in [4.69, 9.17) is 14.5 Å². The van der Waals surface area contributed by atoms with Crippen LogP contribution in [0.1, 0.15) is 64.9 Å². The molecule has 14 nitrogen and oxygen atoms in total. The fraction of sp³-hybridized carbons (Fsp3) is 0.432. The lowest BCUT2D eigenvalue weighted by molar-refractivity contribution is -0.142. The van der Waals surface area contributed by atoms with Gasteiger partial charge in [0.2, 0.25) is 21.8 Å². The van der Waals surface area contributed by atoms with E-state index >= 15 is 0 Å². The molecule has 4 atom stereocenters. The number of likely N-dealkylation sites (tertiary alicyclic amines) is 1. The van der Waals surface area contributed by atoms with E-state index in [2.05, 4.69) is 15.4 Å². The first kappa shape index (κ1) is 40.1. The number of nitrogens with one attached hydrogen (secondary N) is 3. The molecule has 2 heterocycles. The van der Waals surface area contributed by atoms with Crippen LogP contribution in [0.15, 0.2) is 84.9 Å². The van der Waals surface area contributed by atoms with Gasteiger partial charge < -0.3 is 30.1 Å². The number of carboxylic acid groups (broad SMARTS) is 1. The summed E-state index contributed by atoms with van der Waals surface area (Å²) in [4.78, 5) is 61.4. The summed E-state index contributed by atoms with van der Waals surface area (Å²) >= 11 is 0. The Bertz CT molecular complexity index is 2430. The van der Waals surface area contributed by atoms with Gasteiger partial charge >= 0.3 is 6.09 Å². The van der Waals surface area contributed by atoms with Gasteiger partial charge in [0.15, 0.2) is 0 Å². The maximum absolute atomic E-state index is 14.6. The molecule has 4 amide bonds. The number of hydrogen-bond acceptors (Lipinski definition) is 9. The Morgan fingerprint density at radius 1 is 0.949 bits per heavy atom. The number of sulfonamides is 1. The molecule has 1 aromatic heterocycles. The van der Waals surface area contributed by atoms with E-state index in [1.165, 1.54) is 4.90 Å². The van der Waals surface area contributed by atoms with Crippen molar-refractivity contribution in [2.75, 3.05) is 13.7 Å². The van der Waals surface area contributed by atoms with Crippen LogP contribution in [0.25, 0.3) is 22.2 Å². The number of amides is 4. The Morgan fingerprint density at radius 3 is 2.22 bits per heavy atom. The highest BCUT2D eigenvalue weighted by Crippen LogP contribution is 2.73. The zero-order valence-electron chi connectivity index (χ0n) is 33.5. The molecule has 0 bridgehead atoms. The molecule has 1 spiro atoms. The number of ether oxygens (including phenoxy) is 2. The highest BCUT2D eigenvalue weighted by molar-refractivity contribution is 7.91. The van der Waals surface area contributed by atoms with Gasteiger partial charge in [0.25, 0.3) is 5.91 Å². The zero-order chi connectivity index (χ0) is 42.0. The van der Waals surface area contributed by atoms with Crippen LogP contribution in [0.4, 0.5) is 4.79 Å². The molecule has 4 aromatic rings. The number of fused-ring (bicyclic) bond motifs is 1. The number of benzene rings is 3. The topological polar surface area (TPSA) is 193 Å². The second-order valence-corrected chi connectivity index (χ2v) is 19.7. The average Bonchev–Trinajstić information content (AvgIpc) is 4.17. The van der Waals surface area contributed by atoms with Gasteiger partial charge in [0.05, 0.1) is 29.6 Å². The number of methoxy groups -OCH3 is 1. The zero-order valence-corrected chi connectivity index (χ0v) is 34.3. The first-order valence-corrected chi connectivity index (χ1v) is 21.4. The van der Waals surface area contributed by atoms with Gasteiger partial charge in [-0.3, -0.25) is 19.1 Å². The summed E-state index contributed by atoms with van der Waals surface area (Å²) in [5.41, 5.74) is -0.0339. The summed E-state index contributed by atoms with van der Waals surface area (Å²) in [6.07, 6.45) is 0.455. The summed E-state index contributed by atoms with van der Waals surface area (Å²) < 4.78 is 41.1. The first-order valence-electron chi connectivity index (χ1n) is 19.9. The lowest BCUT2D eigenvalue weighted by Crippen LogP contribution is -2.60. The van der Waals surface area contributed by atoms with Crippen LogP contribution in [0.3, 0.4) is 0 Å². The third-order valence-corrected chi connectivity index (χ3v) is 14.7. The molecule has 4 N–H and O–H groups in total. The average molecular weight is 824 g/mol. The predicted octanol–water partition coefficient (Wildman–Crippen LogP) is 5.20. The van der Waals surface area contributed by atoms with Gasteiger partial charge in [-0.25, -0.2) is 18.2 Å². The van der Waals surface area contributed by atoms with E-state index in [0.717, 1.165) is 11.1 Å². The lowest BCUT2D eigenvalue weighted by atomic mass is 9.85. The molecule has 4 aliphatic rings. The van der Waals surface area contributed by atoms with Crippen molar-refractivity contribution in [3.63, 3.8) is 0 Å². The van der Waals surface area contributed by atoms with Crippen molar-refractivity contribution in [2.45, 2.75) is 94.2 Å². The third-order valence-electron chi connectivity index (χ3n) is 12.5. The SMILES string of the molecule is COc1ccc2c(OC3CC(C(=O)NC4(C(=O)NS(=O)(=O)C5(Cc6ccccc6)CC5)CC45CC5)N(C(=O)C(NC(=O)O)C(C)(C)C)C3)cc(-c3ccccc3)nc2c1. The van der Waals surface area contributed by atoms with Crippen molar-refractivity contribution in [3.05, 3.63) is 90.5 Å². The van der Waals surface area contributed by atoms with Gasteiger partial charge in [0.1, 0.15) is 35.2 Å². The molecular weight excluding hydrogens is 775 g/mol. The molecule has 4 fully saturated rings. The standard InChI is InChI=1S/C44H49N5O9S/c1-41(2,3)36(46-40(53)54)38(51)49-25-30(58-35-23-32(28-13-9-6-10-14-28)45-33-21-29(57-4)15-16-31(33)35)22-34(49)37(50)47-44(26-42(44)17-18-42)39(52)48-59(55,56)43(19-20-43)24-27-11-7-5-8-12-27/h5-16,21,23,30,34,36,46H,17-20,22,24-26H2,1-4H3,(H,47,50)(H,48,52)(H,53,54). The fourth-order valence-corrected chi connectivity index (χ4v) is 10.3. The van der Waals surface area contributed by atoms with Crippen molar-refractivity contribution < 1.29 is 42.2 Å². The van der Waals surface area contributed by atoms with Crippen molar-refractivity contribution in [2.24, 2.45) is 10.8 Å². The first-order chi connectivity index (χ1) is 28.0. The van der Waals surface area contributed by atoms with Crippen LogP contribution >= 0.6 is 0 Å². The normalized spacial score (nSPS) is 22.9. The predicted molar refractivity (Wildman–Crippen MR) is 219 cm³/mol. The van der Waals surface area contributed by atoms with Gasteiger partial charge in [-0.15, -0.1) is 0 Å². The maximum Gasteiger partial charge on any atom is 0.405 e. The van der Waals surface area contributed by atoms with Gasteiger partial charge in [-0.1, -0.05) is 81.4 Å². The van der Waals surface area contributed by atoms with Crippen molar-refractivity contribution in [1.82, 2.24) is 25.2 Å². The van der Waals surface area contributed by atoms with E-state index < -0.39 is 73.1 Å². The number of carbonyl (C=O) groups is 4. The van der Waals surface area contributed by atoms with Crippen molar-refractivity contribution in [1.29, 1.82) is 0 Å². The Morgan fingerprint density at radius 2 is 1.63 bits per heavy atom. The van der Waals surface area contributed by atoms with Crippen LogP contribution in [0.5, 0.6) is 11.5 Å². The van der Waals surface area contributed by atoms with Crippen LogP contribution in [-0.4, -0.2) is 89.4 Å². The monoisotopic (exact) mass is 823 g/mol. The van der Waals surface area contributed by atoms with E-state index in [1.807, 2.05) is 66.7 Å². The number of nitrogens with zero attached hydrogens (tertiary/aromatic N) is 2. The molecule has 59 heavy (non-hydrogen) atoms. The van der Waals surface area contributed by atoms with E-state index in [-0.39, 0.29) is 25.8 Å². The number of carbonyl (C=O) groups excluding carboxylic acids is 3. The molecule has 3 aromatic carbocycles. The minimum atomic E-state index is -4.13. The van der Waals surface area contributed by atoms with Gasteiger partial charge in [0, 0.05) is 34.9 Å². The summed E-state index contributed by atoms with van der Waals surface area (Å²) in [5.74, 6) is -1.01. The van der Waals surface area contributed by atoms with Crippen molar-refractivity contribution >= 4 is 44.7 Å². The molecule has 4 unspecified atom stereocenters. The number of pyridine rings is 1. The Hall–Kier alpha value is -5.70. The Labute approximate surface area is 343 Å². The molecule has 3 aliphatic carbocycles. The molecule has 8 rings (SSSR count). The van der Waals surface area contributed by atoms with E-state index in [9.17, 15) is 32.7 Å². The molecule has 1 aliphatic heterocycles. The minimum absolute atomic E-state index is 0.00529. The number of hydrogen-bond donors (Lipinski definition) is 4. The van der Waals surface area contributed by atoms with E-state index in [1.54, 1.807) is 46.1 Å². The molecule has 15 heteroatoms. The van der Waals surface area contributed by atoms with Crippen LogP contribution in [-0.2, 0) is 30.8 Å². The Balaban J connectivity index is 1.09. The number of rotatable bonds is 13. The highest BCUT2D eigenvalue weighted by atomic mass is 32.2. The van der Waals surface area contributed by atoms with Crippen molar-refractivity contribution in [3.8, 4) is 22.8 Å². The molecule has 310 valence electrons. The maximum atomic E-state index is 14.6. The molecule has 0 radical (unpaired) electrons. The Kier molecular flexibility index (Phi) is 9.88. The van der Waals surface area contributed by atoms with Crippen LogP contribution in [0.2, 0.25) is 0 Å². The summed E-state index contributed by atoms with van der Waals surface area (Å²) in [6, 6.07) is 23.6. The van der Waals surface area contributed by atoms with Gasteiger partial charge in [-0.2, -0.15) is 0 Å². The quantitative estimate of drug-likeness (QED) is 0.139. The fourth-order valence-electron chi connectivity index (χ4n) is 8.68. The summed E-state index contributed by atoms with van der Waals surface area (Å²) in [7, 11) is -2.57. The summed E-state index contributed by atoms with van der Waals surface area (Å²) in [6.45, 7) is 5.08. The molecule has 3 saturated carbocycles.